The maximum absolute atomic E-state index is 11.3. The van der Waals surface area contributed by atoms with Crippen molar-refractivity contribution >= 4 is 29.1 Å². The molecule has 0 aliphatic heterocycles. The van der Waals surface area contributed by atoms with Crippen molar-refractivity contribution in [2.45, 2.75) is 58.1 Å². The van der Waals surface area contributed by atoms with Crippen LogP contribution < -0.4 is 16.8 Å². The minimum Gasteiger partial charge on any atom is -0.443 e. The Hall–Kier alpha value is -1.62. The number of amides is 1. The molecular formula is C17H26ClN3O2. The summed E-state index contributed by atoms with van der Waals surface area (Å²) < 4.78 is 5.55. The maximum atomic E-state index is 11.3. The van der Waals surface area contributed by atoms with Crippen LogP contribution in [0.25, 0.3) is 0 Å². The Kier molecular flexibility index (Phi) is 4.99. The minimum atomic E-state index is -0.701. The van der Waals surface area contributed by atoms with Gasteiger partial charge in [-0.3, -0.25) is 0 Å². The number of nitrogen functional groups attached to an aromatic ring is 1. The van der Waals surface area contributed by atoms with Crippen LogP contribution >= 0.6 is 11.6 Å². The normalized spacial score (nSPS) is 25.0. The monoisotopic (exact) mass is 339 g/mol. The summed E-state index contributed by atoms with van der Waals surface area (Å²) in [6, 6.07) is 5.73. The highest BCUT2D eigenvalue weighted by Crippen LogP contribution is 2.45. The lowest BCUT2D eigenvalue weighted by atomic mass is 9.67. The Morgan fingerprint density at radius 2 is 1.96 bits per heavy atom. The van der Waals surface area contributed by atoms with Crippen molar-refractivity contribution in [2.75, 3.05) is 11.1 Å². The number of rotatable bonds is 3. The van der Waals surface area contributed by atoms with Gasteiger partial charge in [-0.1, -0.05) is 32.4 Å². The SMILES string of the molecule is CC(C)(C)C1(OC(N)=O)CCC(Nc2ccc(Cl)cc2N)CC1. The highest BCUT2D eigenvalue weighted by atomic mass is 35.5. The van der Waals surface area contributed by atoms with Crippen LogP contribution in [0, 0.1) is 5.41 Å². The first-order valence-electron chi connectivity index (χ1n) is 7.93. The van der Waals surface area contributed by atoms with Gasteiger partial charge < -0.3 is 21.5 Å². The predicted octanol–water partition coefficient (Wildman–Crippen LogP) is 4.16. The van der Waals surface area contributed by atoms with E-state index in [-0.39, 0.29) is 11.5 Å². The van der Waals surface area contributed by atoms with Crippen molar-refractivity contribution in [1.29, 1.82) is 0 Å². The summed E-state index contributed by atoms with van der Waals surface area (Å²) in [5.74, 6) is 0. The molecule has 1 aromatic rings. The number of primary amides is 1. The van der Waals surface area contributed by atoms with E-state index in [0.29, 0.717) is 10.7 Å². The summed E-state index contributed by atoms with van der Waals surface area (Å²) in [6.07, 6.45) is 2.60. The number of carbonyl (C=O) groups excluding carboxylic acids is 1. The number of benzene rings is 1. The highest BCUT2D eigenvalue weighted by Gasteiger charge is 2.47. The zero-order valence-electron chi connectivity index (χ0n) is 14.0. The van der Waals surface area contributed by atoms with Crippen molar-refractivity contribution in [3.63, 3.8) is 0 Å². The predicted molar refractivity (Wildman–Crippen MR) is 94.6 cm³/mol. The van der Waals surface area contributed by atoms with E-state index in [1.807, 2.05) is 12.1 Å². The molecule has 128 valence electrons. The lowest BCUT2D eigenvalue weighted by Crippen LogP contribution is -2.51. The fraction of sp³-hybridized carbons (Fsp3) is 0.588. The van der Waals surface area contributed by atoms with Crippen LogP contribution in [-0.2, 0) is 4.74 Å². The number of nitrogens with one attached hydrogen (secondary N) is 1. The van der Waals surface area contributed by atoms with Gasteiger partial charge in [0.25, 0.3) is 0 Å². The van der Waals surface area contributed by atoms with Crippen molar-refractivity contribution in [1.82, 2.24) is 0 Å². The van der Waals surface area contributed by atoms with E-state index in [1.54, 1.807) is 6.07 Å². The molecule has 6 heteroatoms. The molecular weight excluding hydrogens is 314 g/mol. The second kappa shape index (κ2) is 6.48. The lowest BCUT2D eigenvalue weighted by Gasteiger charge is -2.47. The van der Waals surface area contributed by atoms with Gasteiger partial charge in [0.1, 0.15) is 5.60 Å². The van der Waals surface area contributed by atoms with Gasteiger partial charge in [0, 0.05) is 16.5 Å². The summed E-state index contributed by atoms with van der Waals surface area (Å²) in [6.45, 7) is 6.25. The largest absolute Gasteiger partial charge is 0.443 e. The topological polar surface area (TPSA) is 90.4 Å². The molecule has 0 unspecified atom stereocenters. The second-order valence-electron chi connectivity index (χ2n) is 7.32. The molecule has 1 aromatic carbocycles. The number of hydrogen-bond donors (Lipinski definition) is 3. The van der Waals surface area contributed by atoms with Crippen LogP contribution in [0.4, 0.5) is 16.2 Å². The smallest absolute Gasteiger partial charge is 0.405 e. The van der Waals surface area contributed by atoms with Gasteiger partial charge in [0.2, 0.25) is 0 Å². The van der Waals surface area contributed by atoms with Gasteiger partial charge in [0.15, 0.2) is 0 Å². The quantitative estimate of drug-likeness (QED) is 0.721. The lowest BCUT2D eigenvalue weighted by molar-refractivity contribution is -0.0904. The van der Waals surface area contributed by atoms with Crippen LogP contribution in [0.1, 0.15) is 46.5 Å². The zero-order chi connectivity index (χ0) is 17.3. The molecule has 0 heterocycles. The molecule has 1 fully saturated rings. The van der Waals surface area contributed by atoms with Crippen LogP contribution in [0.3, 0.4) is 0 Å². The summed E-state index contributed by atoms with van der Waals surface area (Å²) in [4.78, 5) is 11.3. The molecule has 1 amide bonds. The molecule has 0 spiro atoms. The number of nitrogens with two attached hydrogens (primary N) is 2. The Labute approximate surface area is 142 Å². The zero-order valence-corrected chi connectivity index (χ0v) is 14.7. The molecule has 0 bridgehead atoms. The Morgan fingerprint density at radius 1 is 1.35 bits per heavy atom. The van der Waals surface area contributed by atoms with Crippen molar-refractivity contribution in [3.05, 3.63) is 23.2 Å². The number of halogens is 1. The first-order valence-corrected chi connectivity index (χ1v) is 8.31. The molecule has 0 atom stereocenters. The minimum absolute atomic E-state index is 0.160. The van der Waals surface area contributed by atoms with Crippen molar-refractivity contribution in [3.8, 4) is 0 Å². The number of anilines is 2. The standard InChI is InChI=1S/C17H26ClN3O2/c1-16(2,3)17(23-15(20)22)8-6-12(7-9-17)21-14-5-4-11(18)10-13(14)19/h4-5,10,12,21H,6-9,19H2,1-3H3,(H2,20,22). The van der Waals surface area contributed by atoms with E-state index in [4.69, 9.17) is 27.8 Å². The Balaban J connectivity index is 2.05. The van der Waals surface area contributed by atoms with E-state index in [0.717, 1.165) is 31.4 Å². The summed E-state index contributed by atoms with van der Waals surface area (Å²) in [5.41, 5.74) is 12.1. The Morgan fingerprint density at radius 3 is 2.43 bits per heavy atom. The van der Waals surface area contributed by atoms with Crippen molar-refractivity contribution < 1.29 is 9.53 Å². The Bertz CT molecular complexity index is 576. The van der Waals surface area contributed by atoms with E-state index >= 15 is 0 Å². The van der Waals surface area contributed by atoms with Gasteiger partial charge in [-0.15, -0.1) is 0 Å². The van der Waals surface area contributed by atoms with Crippen LogP contribution in [0.15, 0.2) is 18.2 Å². The third-order valence-corrected chi connectivity index (χ3v) is 5.06. The molecule has 0 radical (unpaired) electrons. The van der Waals surface area contributed by atoms with Gasteiger partial charge in [-0.25, -0.2) is 4.79 Å². The van der Waals surface area contributed by atoms with E-state index in [9.17, 15) is 4.79 Å². The first-order chi connectivity index (χ1) is 10.6. The van der Waals surface area contributed by atoms with Gasteiger partial charge >= 0.3 is 6.09 Å². The average molecular weight is 340 g/mol. The maximum Gasteiger partial charge on any atom is 0.405 e. The van der Waals surface area contributed by atoms with Crippen molar-refractivity contribution in [2.24, 2.45) is 11.1 Å². The highest BCUT2D eigenvalue weighted by molar-refractivity contribution is 6.31. The molecule has 0 saturated heterocycles. The molecule has 0 aromatic heterocycles. The fourth-order valence-electron chi connectivity index (χ4n) is 3.31. The van der Waals surface area contributed by atoms with E-state index in [1.165, 1.54) is 0 Å². The molecule has 2 rings (SSSR count). The second-order valence-corrected chi connectivity index (χ2v) is 7.75. The molecule has 1 aliphatic rings. The third kappa shape index (κ3) is 4.02. The first kappa shape index (κ1) is 17.7. The molecule has 23 heavy (non-hydrogen) atoms. The van der Waals surface area contributed by atoms with Gasteiger partial charge in [-0.2, -0.15) is 0 Å². The average Bonchev–Trinajstić information content (AvgIpc) is 2.42. The molecule has 5 nitrogen and oxygen atoms in total. The number of hydrogen-bond acceptors (Lipinski definition) is 4. The fourth-order valence-corrected chi connectivity index (χ4v) is 3.49. The number of ether oxygens (including phenoxy) is 1. The molecule has 1 aliphatic carbocycles. The number of carbonyl (C=O) groups is 1. The summed E-state index contributed by atoms with van der Waals surface area (Å²) in [7, 11) is 0. The molecule has 1 saturated carbocycles. The van der Waals surface area contributed by atoms with Crippen LogP contribution in [-0.4, -0.2) is 17.7 Å². The summed E-state index contributed by atoms with van der Waals surface area (Å²) >= 11 is 5.93. The summed E-state index contributed by atoms with van der Waals surface area (Å²) in [5, 5.41) is 4.09. The van der Waals surface area contributed by atoms with E-state index < -0.39 is 11.7 Å². The van der Waals surface area contributed by atoms with Crippen LogP contribution in [0.5, 0.6) is 0 Å². The van der Waals surface area contributed by atoms with Crippen LogP contribution in [0.2, 0.25) is 5.02 Å². The van der Waals surface area contributed by atoms with Gasteiger partial charge in [-0.05, 0) is 43.9 Å². The van der Waals surface area contributed by atoms with Gasteiger partial charge in [0.05, 0.1) is 11.4 Å². The molecule has 5 N–H and O–H groups in total. The van der Waals surface area contributed by atoms with E-state index in [2.05, 4.69) is 26.1 Å². The third-order valence-electron chi connectivity index (χ3n) is 4.83.